The van der Waals surface area contributed by atoms with Crippen LogP contribution in [0.15, 0.2) is 46.9 Å². The minimum atomic E-state index is -4.93. The Balaban J connectivity index is 1.29. The summed E-state index contributed by atoms with van der Waals surface area (Å²) in [5.74, 6) is -2.25. The van der Waals surface area contributed by atoms with Crippen molar-refractivity contribution in [2.75, 3.05) is 24.7 Å². The molecule has 0 radical (unpaired) electrons. The summed E-state index contributed by atoms with van der Waals surface area (Å²) in [7, 11) is 0. The number of benzene rings is 2. The lowest BCUT2D eigenvalue weighted by Gasteiger charge is -2.31. The number of hydrogen-bond acceptors (Lipinski definition) is 10. The van der Waals surface area contributed by atoms with Crippen molar-refractivity contribution in [2.45, 2.75) is 56.8 Å². The van der Waals surface area contributed by atoms with Gasteiger partial charge in [-0.15, -0.1) is 13.2 Å². The van der Waals surface area contributed by atoms with E-state index in [0.717, 1.165) is 6.07 Å². The number of aromatic nitrogens is 4. The Labute approximate surface area is 261 Å². The van der Waals surface area contributed by atoms with Crippen LogP contribution in [0.2, 0.25) is 0 Å². The SMILES string of the molecule is C[C@H]1COCC[C@@H]1n1c(O[C@H]2C[C@@H](C(O)O)N(c3nc(C(F)(F)F)nc4c3oc3ccccc34)C2)nc2cc(OC(F)(F)F)ccc21. The van der Waals surface area contributed by atoms with Gasteiger partial charge in [0, 0.05) is 36.4 Å². The van der Waals surface area contributed by atoms with Crippen molar-refractivity contribution < 1.29 is 55.2 Å². The summed E-state index contributed by atoms with van der Waals surface area (Å²) in [6.45, 7) is 2.61. The second-order valence-electron chi connectivity index (χ2n) is 11.6. The normalized spacial score (nSPS) is 22.6. The highest BCUT2D eigenvalue weighted by atomic mass is 19.4. The molecule has 5 heterocycles. The minimum absolute atomic E-state index is 0.0356. The highest BCUT2D eigenvalue weighted by Gasteiger charge is 2.43. The highest BCUT2D eigenvalue weighted by Crippen LogP contribution is 2.41. The Hall–Kier alpha value is -4.35. The van der Waals surface area contributed by atoms with Crippen LogP contribution in [0, 0.1) is 5.92 Å². The van der Waals surface area contributed by atoms with Gasteiger partial charge in [-0.3, -0.25) is 4.57 Å². The average Bonchev–Trinajstić information content (AvgIpc) is 3.69. The third-order valence-corrected chi connectivity index (χ3v) is 8.44. The topological polar surface area (TPSA) is 128 Å². The number of aliphatic hydroxyl groups is 2. The molecule has 5 aromatic rings. The molecule has 2 saturated heterocycles. The van der Waals surface area contributed by atoms with Crippen molar-refractivity contribution in [1.82, 2.24) is 19.5 Å². The fourth-order valence-electron chi connectivity index (χ4n) is 6.39. The monoisotopic (exact) mass is 667 g/mol. The van der Waals surface area contributed by atoms with Crippen LogP contribution in [0.25, 0.3) is 33.1 Å². The lowest BCUT2D eigenvalue weighted by molar-refractivity contribution is -0.274. The maximum atomic E-state index is 14.0. The summed E-state index contributed by atoms with van der Waals surface area (Å²) < 4.78 is 104. The third kappa shape index (κ3) is 5.87. The summed E-state index contributed by atoms with van der Waals surface area (Å²) in [4.78, 5) is 13.3. The Morgan fingerprint density at radius 1 is 1.02 bits per heavy atom. The fourth-order valence-corrected chi connectivity index (χ4v) is 6.39. The Bertz CT molecular complexity index is 1940. The number of rotatable bonds is 6. The van der Waals surface area contributed by atoms with Gasteiger partial charge in [0.1, 0.15) is 23.0 Å². The van der Waals surface area contributed by atoms with Crippen molar-refractivity contribution in [2.24, 2.45) is 5.92 Å². The van der Waals surface area contributed by atoms with Crippen molar-refractivity contribution >= 4 is 38.9 Å². The Kier molecular flexibility index (Phi) is 7.59. The van der Waals surface area contributed by atoms with Crippen LogP contribution in [0.1, 0.15) is 31.6 Å². The van der Waals surface area contributed by atoms with Gasteiger partial charge in [0.05, 0.1) is 30.2 Å². The molecule has 0 saturated carbocycles. The van der Waals surface area contributed by atoms with E-state index >= 15 is 0 Å². The molecule has 4 atom stereocenters. The zero-order chi connectivity index (χ0) is 33.2. The molecule has 7 rings (SSSR count). The first-order valence-corrected chi connectivity index (χ1v) is 14.7. The van der Waals surface area contributed by atoms with Crippen LogP contribution in [0.4, 0.5) is 32.2 Å². The summed E-state index contributed by atoms with van der Waals surface area (Å²) in [5.41, 5.74) is 0.713. The molecule has 17 heteroatoms. The van der Waals surface area contributed by atoms with Gasteiger partial charge in [0.25, 0.3) is 6.01 Å². The number of halogens is 6. The van der Waals surface area contributed by atoms with E-state index in [4.69, 9.17) is 13.9 Å². The van der Waals surface area contributed by atoms with Gasteiger partial charge in [0.15, 0.2) is 17.7 Å². The van der Waals surface area contributed by atoms with Gasteiger partial charge in [-0.05, 0) is 30.7 Å². The number of nitrogens with zero attached hydrogens (tertiary/aromatic N) is 5. The molecular weight excluding hydrogens is 640 g/mol. The lowest BCUT2D eigenvalue weighted by Crippen LogP contribution is -2.40. The second-order valence-corrected chi connectivity index (χ2v) is 11.6. The number of anilines is 1. The highest BCUT2D eigenvalue weighted by molar-refractivity contribution is 6.05. The van der Waals surface area contributed by atoms with Crippen LogP contribution in [-0.4, -0.2) is 74.3 Å². The van der Waals surface area contributed by atoms with Gasteiger partial charge < -0.3 is 33.7 Å². The number of hydrogen-bond donors (Lipinski definition) is 2. The average molecular weight is 668 g/mol. The summed E-state index contributed by atoms with van der Waals surface area (Å²) in [5, 5.41) is 21.0. The van der Waals surface area contributed by atoms with Gasteiger partial charge in [-0.25, -0.2) is 9.97 Å². The molecule has 2 aliphatic rings. The van der Waals surface area contributed by atoms with Crippen LogP contribution in [-0.2, 0) is 10.9 Å². The first kappa shape index (κ1) is 31.3. The van der Waals surface area contributed by atoms with Crippen LogP contribution in [0.3, 0.4) is 0 Å². The van der Waals surface area contributed by atoms with E-state index in [1.807, 2.05) is 6.92 Å². The van der Waals surface area contributed by atoms with E-state index in [1.54, 1.807) is 28.8 Å². The molecule has 0 aliphatic carbocycles. The molecule has 3 aromatic heterocycles. The fraction of sp³-hybridized carbons (Fsp3) is 0.433. The van der Waals surface area contributed by atoms with E-state index < -0.39 is 42.5 Å². The standard InChI is InChI=1S/C30H27F6N5O6/c1-14-13-44-9-8-19(14)41-20-7-6-15(47-30(34,35)36)10-18(20)37-28(41)45-16-11-21(26(42)43)40(12-16)25-24-23(38-27(39-25)29(31,32)33)17-4-2-3-5-22(17)46-24/h2-7,10,14,16,19,21,26,42-43H,8-9,11-13H2,1H3/t14-,16-,19-,21-/m0/s1. The lowest BCUT2D eigenvalue weighted by atomic mass is 9.97. The smallest absolute Gasteiger partial charge is 0.459 e. The number of furan rings is 1. The van der Waals surface area contributed by atoms with E-state index in [-0.39, 0.29) is 59.0 Å². The molecule has 2 N–H and O–H groups in total. The molecule has 2 fully saturated rings. The Morgan fingerprint density at radius 2 is 1.81 bits per heavy atom. The largest absolute Gasteiger partial charge is 0.573 e. The summed E-state index contributed by atoms with van der Waals surface area (Å²) >= 11 is 0. The number of ether oxygens (including phenoxy) is 3. The molecule has 11 nitrogen and oxygen atoms in total. The predicted octanol–water partition coefficient (Wildman–Crippen LogP) is 5.58. The predicted molar refractivity (Wildman–Crippen MR) is 153 cm³/mol. The maximum absolute atomic E-state index is 14.0. The molecule has 250 valence electrons. The van der Waals surface area contributed by atoms with Crippen LogP contribution in [0.5, 0.6) is 11.8 Å². The molecule has 0 amide bonds. The van der Waals surface area contributed by atoms with Crippen LogP contribution < -0.4 is 14.4 Å². The Morgan fingerprint density at radius 3 is 2.53 bits per heavy atom. The van der Waals surface area contributed by atoms with Crippen LogP contribution >= 0.6 is 0 Å². The first-order chi connectivity index (χ1) is 22.3. The quantitative estimate of drug-likeness (QED) is 0.175. The second kappa shape index (κ2) is 11.4. The van der Waals surface area contributed by atoms with E-state index in [0.29, 0.717) is 30.5 Å². The van der Waals surface area contributed by atoms with E-state index in [9.17, 15) is 36.6 Å². The zero-order valence-electron chi connectivity index (χ0n) is 24.5. The molecular formula is C30H27F6N5O6. The maximum Gasteiger partial charge on any atom is 0.573 e. The summed E-state index contributed by atoms with van der Waals surface area (Å²) in [6, 6.07) is 8.76. The van der Waals surface area contributed by atoms with Crippen molar-refractivity contribution in [3.63, 3.8) is 0 Å². The number of para-hydroxylation sites is 1. The van der Waals surface area contributed by atoms with Gasteiger partial charge >= 0.3 is 12.5 Å². The minimum Gasteiger partial charge on any atom is -0.459 e. The van der Waals surface area contributed by atoms with Gasteiger partial charge in [-0.1, -0.05) is 19.1 Å². The molecule has 0 unspecified atom stereocenters. The number of fused-ring (bicyclic) bond motifs is 4. The van der Waals surface area contributed by atoms with Crippen molar-refractivity contribution in [3.8, 4) is 11.8 Å². The van der Waals surface area contributed by atoms with Gasteiger partial charge in [0.2, 0.25) is 5.82 Å². The molecule has 2 aromatic carbocycles. The number of alkyl halides is 6. The first-order valence-electron chi connectivity index (χ1n) is 14.7. The third-order valence-electron chi connectivity index (χ3n) is 8.44. The molecule has 2 aliphatic heterocycles. The van der Waals surface area contributed by atoms with Gasteiger partial charge in [-0.2, -0.15) is 18.2 Å². The van der Waals surface area contributed by atoms with E-state index in [2.05, 4.69) is 19.7 Å². The van der Waals surface area contributed by atoms with Crippen molar-refractivity contribution in [3.05, 3.63) is 48.3 Å². The number of aliphatic hydroxyl groups excluding tert-OH is 1. The molecule has 0 bridgehead atoms. The van der Waals surface area contributed by atoms with E-state index in [1.165, 1.54) is 17.0 Å². The number of imidazole rings is 1. The van der Waals surface area contributed by atoms with Crippen molar-refractivity contribution in [1.29, 1.82) is 0 Å². The molecule has 47 heavy (non-hydrogen) atoms. The summed E-state index contributed by atoms with van der Waals surface area (Å²) in [6.07, 6.45) is -12.3. The zero-order valence-corrected chi connectivity index (χ0v) is 24.5. The molecule has 0 spiro atoms.